The zero-order valence-corrected chi connectivity index (χ0v) is 16.2. The van der Waals surface area contributed by atoms with E-state index in [-0.39, 0.29) is 17.7 Å². The Morgan fingerprint density at radius 2 is 2.00 bits per heavy atom. The van der Waals surface area contributed by atoms with Gasteiger partial charge in [-0.25, -0.2) is 9.97 Å². The van der Waals surface area contributed by atoms with Gasteiger partial charge in [-0.05, 0) is 25.0 Å². The maximum Gasteiger partial charge on any atom is 0.255 e. The molecule has 0 aromatic carbocycles. The third-order valence-corrected chi connectivity index (χ3v) is 5.12. The number of carbonyl (C=O) groups excluding carboxylic acids is 1. The predicted molar refractivity (Wildman–Crippen MR) is 105 cm³/mol. The van der Waals surface area contributed by atoms with Crippen LogP contribution in [0.4, 0.5) is 0 Å². The van der Waals surface area contributed by atoms with Gasteiger partial charge in [-0.2, -0.15) is 0 Å². The molecular formula is C21H24N6O. The average molecular weight is 376 g/mol. The van der Waals surface area contributed by atoms with Crippen molar-refractivity contribution in [1.82, 2.24) is 29.4 Å². The summed E-state index contributed by atoms with van der Waals surface area (Å²) in [6.45, 7) is 5.61. The van der Waals surface area contributed by atoms with Crippen molar-refractivity contribution in [2.45, 2.75) is 38.5 Å². The van der Waals surface area contributed by atoms with Crippen LogP contribution in [0.15, 0.2) is 49.3 Å². The van der Waals surface area contributed by atoms with Gasteiger partial charge in [0.2, 0.25) is 0 Å². The highest BCUT2D eigenvalue weighted by molar-refractivity contribution is 5.94. The van der Waals surface area contributed by atoms with E-state index >= 15 is 0 Å². The summed E-state index contributed by atoms with van der Waals surface area (Å²) in [6.07, 6.45) is 12.4. The number of aromatic nitrogens is 5. The molecule has 4 rings (SSSR count). The first kappa shape index (κ1) is 18.3. The Morgan fingerprint density at radius 1 is 1.14 bits per heavy atom. The summed E-state index contributed by atoms with van der Waals surface area (Å²) in [5, 5.41) is 0. The molecule has 3 aromatic rings. The van der Waals surface area contributed by atoms with Crippen LogP contribution in [0.2, 0.25) is 0 Å². The van der Waals surface area contributed by atoms with Crippen LogP contribution in [0.1, 0.15) is 60.4 Å². The monoisotopic (exact) mass is 376 g/mol. The molecule has 1 aliphatic heterocycles. The van der Waals surface area contributed by atoms with E-state index in [1.165, 1.54) is 0 Å². The van der Waals surface area contributed by atoms with Gasteiger partial charge in [-0.3, -0.25) is 19.3 Å². The van der Waals surface area contributed by atoms with Gasteiger partial charge in [0.05, 0.1) is 11.3 Å². The summed E-state index contributed by atoms with van der Waals surface area (Å²) in [5.74, 6) is 2.21. The molecule has 0 radical (unpaired) electrons. The van der Waals surface area contributed by atoms with Crippen molar-refractivity contribution in [3.63, 3.8) is 0 Å². The highest BCUT2D eigenvalue weighted by Gasteiger charge is 2.29. The number of rotatable bonds is 4. The van der Waals surface area contributed by atoms with Crippen molar-refractivity contribution >= 4 is 5.91 Å². The summed E-state index contributed by atoms with van der Waals surface area (Å²) in [5.41, 5.74) is 1.55. The van der Waals surface area contributed by atoms with Gasteiger partial charge in [0.25, 0.3) is 5.91 Å². The summed E-state index contributed by atoms with van der Waals surface area (Å²) in [6, 6.07) is 3.61. The van der Waals surface area contributed by atoms with Gasteiger partial charge in [0.1, 0.15) is 5.82 Å². The Kier molecular flexibility index (Phi) is 5.14. The molecule has 0 spiro atoms. The number of hydrogen-bond donors (Lipinski definition) is 0. The van der Waals surface area contributed by atoms with Crippen molar-refractivity contribution in [1.29, 1.82) is 0 Å². The lowest BCUT2D eigenvalue weighted by Crippen LogP contribution is -2.39. The molecule has 0 saturated carbocycles. The number of imidazole rings is 1. The van der Waals surface area contributed by atoms with Crippen LogP contribution < -0.4 is 0 Å². The van der Waals surface area contributed by atoms with Crippen LogP contribution in [0, 0.1) is 0 Å². The van der Waals surface area contributed by atoms with Crippen molar-refractivity contribution < 1.29 is 4.79 Å². The fourth-order valence-electron chi connectivity index (χ4n) is 3.79. The second-order valence-corrected chi connectivity index (χ2v) is 7.41. The topological polar surface area (TPSA) is 76.8 Å². The van der Waals surface area contributed by atoms with E-state index in [1.807, 2.05) is 21.7 Å². The average Bonchev–Trinajstić information content (AvgIpc) is 3.24. The fraction of sp³-hybridized carbons (Fsp3) is 0.381. The fourth-order valence-corrected chi connectivity index (χ4v) is 3.79. The number of piperidine rings is 1. The number of amides is 1. The molecule has 1 fully saturated rings. The number of nitrogens with zero attached hydrogens (tertiary/aromatic N) is 6. The minimum absolute atomic E-state index is 0.0220. The molecule has 0 unspecified atom stereocenters. The highest BCUT2D eigenvalue weighted by atomic mass is 16.2. The molecule has 7 heteroatoms. The maximum absolute atomic E-state index is 12.9. The lowest BCUT2D eigenvalue weighted by atomic mass is 9.93. The van der Waals surface area contributed by atoms with Crippen molar-refractivity contribution in [3.05, 3.63) is 66.4 Å². The van der Waals surface area contributed by atoms with Gasteiger partial charge in [0.15, 0.2) is 5.82 Å². The van der Waals surface area contributed by atoms with Crippen molar-refractivity contribution in [2.24, 2.45) is 0 Å². The van der Waals surface area contributed by atoms with Crippen LogP contribution >= 0.6 is 0 Å². The Labute approximate surface area is 164 Å². The molecule has 0 N–H and O–H groups in total. The molecule has 0 aliphatic carbocycles. The summed E-state index contributed by atoms with van der Waals surface area (Å²) in [4.78, 5) is 32.6. The van der Waals surface area contributed by atoms with E-state index in [0.29, 0.717) is 12.1 Å². The Morgan fingerprint density at radius 3 is 2.79 bits per heavy atom. The zero-order chi connectivity index (χ0) is 19.5. The first-order valence-corrected chi connectivity index (χ1v) is 9.69. The van der Waals surface area contributed by atoms with E-state index in [0.717, 1.165) is 36.7 Å². The van der Waals surface area contributed by atoms with Crippen molar-refractivity contribution in [3.8, 4) is 5.82 Å². The third kappa shape index (κ3) is 3.52. The zero-order valence-electron chi connectivity index (χ0n) is 16.2. The molecular weight excluding hydrogens is 352 g/mol. The molecule has 1 amide bonds. The first-order valence-electron chi connectivity index (χ1n) is 9.69. The Hall–Kier alpha value is -3.09. The van der Waals surface area contributed by atoms with Gasteiger partial charge >= 0.3 is 0 Å². The molecule has 0 bridgehead atoms. The lowest BCUT2D eigenvalue weighted by Gasteiger charge is -2.33. The molecule has 28 heavy (non-hydrogen) atoms. The molecule has 1 aliphatic rings. The minimum Gasteiger partial charge on any atom is -0.338 e. The third-order valence-electron chi connectivity index (χ3n) is 5.12. The largest absolute Gasteiger partial charge is 0.338 e. The molecule has 3 aromatic heterocycles. The van der Waals surface area contributed by atoms with Gasteiger partial charge in [-0.15, -0.1) is 0 Å². The highest BCUT2D eigenvalue weighted by Crippen LogP contribution is 2.30. The minimum atomic E-state index is 0.0220. The summed E-state index contributed by atoms with van der Waals surface area (Å²) >= 11 is 0. The van der Waals surface area contributed by atoms with Crippen molar-refractivity contribution in [2.75, 3.05) is 13.1 Å². The second kappa shape index (κ2) is 7.88. The quantitative estimate of drug-likeness (QED) is 0.699. The Balaban J connectivity index is 1.63. The standard InChI is InChI=1S/C21H24N6O/c1-15(2)19-25-10-12-27(19)20-18(23-8-9-24-20)17-6-4-11-26(14-17)21(28)16-5-3-7-22-13-16/h3,5,7-10,12-13,15,17H,4,6,11,14H2,1-2H3/t17-/m0/s1. The first-order chi connectivity index (χ1) is 13.6. The van der Waals surface area contributed by atoms with E-state index in [2.05, 4.69) is 33.8 Å². The number of likely N-dealkylation sites (tertiary alicyclic amines) is 1. The summed E-state index contributed by atoms with van der Waals surface area (Å²) in [7, 11) is 0. The number of pyridine rings is 1. The van der Waals surface area contributed by atoms with E-state index < -0.39 is 0 Å². The smallest absolute Gasteiger partial charge is 0.255 e. The maximum atomic E-state index is 12.9. The number of hydrogen-bond acceptors (Lipinski definition) is 5. The predicted octanol–water partition coefficient (Wildman–Crippen LogP) is 3.20. The van der Waals surface area contributed by atoms with Crippen LogP contribution in [-0.2, 0) is 0 Å². The molecule has 7 nitrogen and oxygen atoms in total. The molecule has 1 saturated heterocycles. The van der Waals surface area contributed by atoms with E-state index in [1.54, 1.807) is 37.1 Å². The van der Waals surface area contributed by atoms with Crippen LogP contribution in [0.25, 0.3) is 5.82 Å². The van der Waals surface area contributed by atoms with E-state index in [9.17, 15) is 4.79 Å². The van der Waals surface area contributed by atoms with Gasteiger partial charge < -0.3 is 4.90 Å². The normalized spacial score (nSPS) is 17.1. The SMILES string of the molecule is CC(C)c1nccn1-c1nccnc1[C@H]1CCCN(C(=O)c2cccnc2)C1. The Bertz CT molecular complexity index is 952. The molecule has 4 heterocycles. The van der Waals surface area contributed by atoms with Crippen LogP contribution in [-0.4, -0.2) is 48.4 Å². The van der Waals surface area contributed by atoms with Crippen LogP contribution in [0.3, 0.4) is 0 Å². The second-order valence-electron chi connectivity index (χ2n) is 7.41. The molecule has 144 valence electrons. The van der Waals surface area contributed by atoms with E-state index in [4.69, 9.17) is 0 Å². The number of carbonyl (C=O) groups is 1. The lowest BCUT2D eigenvalue weighted by molar-refractivity contribution is 0.0705. The van der Waals surface area contributed by atoms with Gasteiger partial charge in [0, 0.05) is 62.1 Å². The molecule has 1 atom stereocenters. The van der Waals surface area contributed by atoms with Crippen LogP contribution in [0.5, 0.6) is 0 Å². The van der Waals surface area contributed by atoms with Gasteiger partial charge in [-0.1, -0.05) is 13.8 Å². The summed E-state index contributed by atoms with van der Waals surface area (Å²) < 4.78 is 2.02.